The first kappa shape index (κ1) is 18.4. The van der Waals surface area contributed by atoms with Crippen LogP contribution in [0.2, 0.25) is 0 Å². The van der Waals surface area contributed by atoms with Crippen molar-refractivity contribution in [2.45, 2.75) is 51.0 Å². The summed E-state index contributed by atoms with van der Waals surface area (Å²) in [5.41, 5.74) is 0.436. The van der Waals surface area contributed by atoms with Gasteiger partial charge in [0.2, 0.25) is 5.91 Å². The van der Waals surface area contributed by atoms with Crippen LogP contribution in [0, 0.1) is 16.0 Å². The standard InChI is InChI=1S/C19H25N3O4/c23-18(14-4-2-1-3-5-14)20-16-10-12-21(13-11-16)19(24)15-6-8-17(9-7-15)22(25)26/h6-9,14,16H,1-5,10-13H2,(H,20,23). The van der Waals surface area contributed by atoms with E-state index in [1.54, 1.807) is 4.90 Å². The Bertz CT molecular complexity index is 660. The summed E-state index contributed by atoms with van der Waals surface area (Å²) in [5.74, 6) is 0.213. The molecule has 1 aromatic rings. The Hall–Kier alpha value is -2.44. The van der Waals surface area contributed by atoms with Crippen LogP contribution in [0.4, 0.5) is 5.69 Å². The van der Waals surface area contributed by atoms with Gasteiger partial charge in [0.05, 0.1) is 4.92 Å². The van der Waals surface area contributed by atoms with Gasteiger partial charge in [0.25, 0.3) is 11.6 Å². The number of nitrogens with zero attached hydrogens (tertiary/aromatic N) is 2. The highest BCUT2D eigenvalue weighted by atomic mass is 16.6. The van der Waals surface area contributed by atoms with E-state index in [-0.39, 0.29) is 29.5 Å². The zero-order valence-electron chi connectivity index (χ0n) is 14.9. The molecule has 26 heavy (non-hydrogen) atoms. The highest BCUT2D eigenvalue weighted by Gasteiger charge is 2.27. The summed E-state index contributed by atoms with van der Waals surface area (Å²) in [7, 11) is 0. The number of likely N-dealkylation sites (tertiary alicyclic amines) is 1. The average molecular weight is 359 g/mol. The molecule has 0 unspecified atom stereocenters. The molecule has 1 saturated heterocycles. The molecule has 1 aromatic carbocycles. The van der Waals surface area contributed by atoms with Gasteiger partial charge in [0.1, 0.15) is 0 Å². The van der Waals surface area contributed by atoms with Crippen molar-refractivity contribution >= 4 is 17.5 Å². The molecular formula is C19H25N3O4. The Balaban J connectivity index is 1.49. The molecule has 140 valence electrons. The first-order valence-electron chi connectivity index (χ1n) is 9.38. The molecule has 0 atom stereocenters. The maximum atomic E-state index is 12.5. The van der Waals surface area contributed by atoms with Crippen LogP contribution in [-0.2, 0) is 4.79 Å². The molecule has 2 fully saturated rings. The van der Waals surface area contributed by atoms with Gasteiger partial charge in [0.15, 0.2) is 0 Å². The number of hydrogen-bond donors (Lipinski definition) is 1. The van der Waals surface area contributed by atoms with Crippen molar-refractivity contribution in [2.24, 2.45) is 5.92 Å². The summed E-state index contributed by atoms with van der Waals surface area (Å²) in [5, 5.41) is 13.9. The predicted molar refractivity (Wildman–Crippen MR) is 96.7 cm³/mol. The summed E-state index contributed by atoms with van der Waals surface area (Å²) in [6, 6.07) is 5.83. The molecule has 0 aromatic heterocycles. The van der Waals surface area contributed by atoms with Crippen LogP contribution in [0.3, 0.4) is 0 Å². The summed E-state index contributed by atoms with van der Waals surface area (Å²) in [6.45, 7) is 1.18. The van der Waals surface area contributed by atoms with E-state index in [0.29, 0.717) is 18.7 Å². The first-order valence-corrected chi connectivity index (χ1v) is 9.38. The fourth-order valence-corrected chi connectivity index (χ4v) is 3.82. The van der Waals surface area contributed by atoms with Gasteiger partial charge in [-0.05, 0) is 37.8 Å². The van der Waals surface area contributed by atoms with E-state index in [0.717, 1.165) is 38.5 Å². The number of benzene rings is 1. The van der Waals surface area contributed by atoms with Crippen LogP contribution in [0.5, 0.6) is 0 Å². The normalized spacial score (nSPS) is 19.2. The number of piperidine rings is 1. The molecule has 7 nitrogen and oxygen atoms in total. The van der Waals surface area contributed by atoms with Crippen molar-refractivity contribution in [3.63, 3.8) is 0 Å². The van der Waals surface area contributed by atoms with Crippen molar-refractivity contribution in [1.82, 2.24) is 10.2 Å². The van der Waals surface area contributed by atoms with Crippen molar-refractivity contribution in [1.29, 1.82) is 0 Å². The molecule has 2 aliphatic rings. The maximum absolute atomic E-state index is 12.5. The summed E-state index contributed by atoms with van der Waals surface area (Å²) in [4.78, 5) is 36.8. The predicted octanol–water partition coefficient (Wildman–Crippen LogP) is 2.90. The lowest BCUT2D eigenvalue weighted by atomic mass is 9.88. The van der Waals surface area contributed by atoms with Crippen LogP contribution < -0.4 is 5.32 Å². The topological polar surface area (TPSA) is 92.6 Å². The average Bonchev–Trinajstić information content (AvgIpc) is 2.69. The minimum absolute atomic E-state index is 0.0225. The molecule has 2 amide bonds. The largest absolute Gasteiger partial charge is 0.353 e. The number of nitro groups is 1. The van der Waals surface area contributed by atoms with Crippen LogP contribution in [0.15, 0.2) is 24.3 Å². The molecule has 0 bridgehead atoms. The van der Waals surface area contributed by atoms with E-state index >= 15 is 0 Å². The Morgan fingerprint density at radius 1 is 1.00 bits per heavy atom. The van der Waals surface area contributed by atoms with E-state index in [9.17, 15) is 19.7 Å². The van der Waals surface area contributed by atoms with E-state index < -0.39 is 4.92 Å². The monoisotopic (exact) mass is 359 g/mol. The van der Waals surface area contributed by atoms with Gasteiger partial charge < -0.3 is 10.2 Å². The molecule has 0 spiro atoms. The second-order valence-corrected chi connectivity index (χ2v) is 7.21. The Kier molecular flexibility index (Phi) is 5.85. The molecule has 7 heteroatoms. The fraction of sp³-hybridized carbons (Fsp3) is 0.579. The second-order valence-electron chi connectivity index (χ2n) is 7.21. The van der Waals surface area contributed by atoms with Crippen molar-refractivity contribution in [3.8, 4) is 0 Å². The van der Waals surface area contributed by atoms with E-state index in [1.807, 2.05) is 0 Å². The lowest BCUT2D eigenvalue weighted by Gasteiger charge is -2.33. The van der Waals surface area contributed by atoms with Crippen LogP contribution in [0.1, 0.15) is 55.3 Å². The highest BCUT2D eigenvalue weighted by Crippen LogP contribution is 2.24. The van der Waals surface area contributed by atoms with Crippen LogP contribution >= 0.6 is 0 Å². The summed E-state index contributed by atoms with van der Waals surface area (Å²) in [6.07, 6.45) is 6.98. The van der Waals surface area contributed by atoms with Gasteiger partial charge in [-0.3, -0.25) is 19.7 Å². The maximum Gasteiger partial charge on any atom is 0.269 e. The lowest BCUT2D eigenvalue weighted by Crippen LogP contribution is -2.48. The number of rotatable bonds is 4. The van der Waals surface area contributed by atoms with Gasteiger partial charge >= 0.3 is 0 Å². The van der Waals surface area contributed by atoms with Crippen molar-refractivity contribution in [3.05, 3.63) is 39.9 Å². The van der Waals surface area contributed by atoms with Gasteiger partial charge in [-0.1, -0.05) is 19.3 Å². The SMILES string of the molecule is O=C(NC1CCN(C(=O)c2ccc([N+](=O)[O-])cc2)CC1)C1CCCCC1. The number of amides is 2. The van der Waals surface area contributed by atoms with Gasteiger partial charge in [0, 0.05) is 42.7 Å². The number of carbonyl (C=O) groups is 2. The Labute approximate surface area is 152 Å². The Morgan fingerprint density at radius 2 is 1.62 bits per heavy atom. The van der Waals surface area contributed by atoms with Crippen LogP contribution in [-0.4, -0.2) is 40.8 Å². The molecule has 3 rings (SSSR count). The quantitative estimate of drug-likeness (QED) is 0.661. The lowest BCUT2D eigenvalue weighted by molar-refractivity contribution is -0.384. The van der Waals surface area contributed by atoms with E-state index in [1.165, 1.54) is 30.7 Å². The molecule has 0 radical (unpaired) electrons. The zero-order chi connectivity index (χ0) is 18.5. The number of carbonyl (C=O) groups excluding carboxylic acids is 2. The second kappa shape index (κ2) is 8.29. The first-order chi connectivity index (χ1) is 12.5. The molecule has 1 heterocycles. The number of non-ortho nitro benzene ring substituents is 1. The molecule has 1 aliphatic heterocycles. The third-order valence-corrected chi connectivity index (χ3v) is 5.43. The Morgan fingerprint density at radius 3 is 2.19 bits per heavy atom. The molecule has 1 saturated carbocycles. The third-order valence-electron chi connectivity index (χ3n) is 5.43. The number of hydrogen-bond acceptors (Lipinski definition) is 4. The van der Waals surface area contributed by atoms with Crippen LogP contribution in [0.25, 0.3) is 0 Å². The van der Waals surface area contributed by atoms with Crippen molar-refractivity contribution < 1.29 is 14.5 Å². The van der Waals surface area contributed by atoms with Gasteiger partial charge in [-0.2, -0.15) is 0 Å². The summed E-state index contributed by atoms with van der Waals surface area (Å²) >= 11 is 0. The zero-order valence-corrected chi connectivity index (χ0v) is 14.9. The highest BCUT2D eigenvalue weighted by molar-refractivity contribution is 5.94. The minimum atomic E-state index is -0.477. The van der Waals surface area contributed by atoms with E-state index in [4.69, 9.17) is 0 Å². The number of nitro benzene ring substituents is 1. The van der Waals surface area contributed by atoms with Gasteiger partial charge in [-0.15, -0.1) is 0 Å². The molecular weight excluding hydrogens is 334 g/mol. The van der Waals surface area contributed by atoms with Gasteiger partial charge in [-0.25, -0.2) is 0 Å². The third kappa shape index (κ3) is 4.39. The van der Waals surface area contributed by atoms with E-state index in [2.05, 4.69) is 5.32 Å². The smallest absolute Gasteiger partial charge is 0.269 e. The number of nitrogens with one attached hydrogen (secondary N) is 1. The summed E-state index contributed by atoms with van der Waals surface area (Å²) < 4.78 is 0. The van der Waals surface area contributed by atoms with Crippen molar-refractivity contribution in [2.75, 3.05) is 13.1 Å². The fourth-order valence-electron chi connectivity index (χ4n) is 3.82. The minimum Gasteiger partial charge on any atom is -0.353 e. The molecule has 1 aliphatic carbocycles. The molecule has 1 N–H and O–H groups in total.